The Morgan fingerprint density at radius 3 is 2.48 bits per heavy atom. The normalized spacial score (nSPS) is 17.1. The standard InChI is InChI=1S/C16H16F3NO/c17-16(18,19)14-8-4-7-13-12(14)9-10-20-15(13)21-11-5-2-1-3-6-11/h4,7-11H,1-3,5-6H2. The van der Waals surface area contributed by atoms with Gasteiger partial charge in [0.1, 0.15) is 6.10 Å². The van der Waals surface area contributed by atoms with Gasteiger partial charge in [-0.15, -0.1) is 0 Å². The molecule has 1 heterocycles. The Bertz CT molecular complexity index is 633. The molecule has 0 atom stereocenters. The number of benzene rings is 1. The lowest BCUT2D eigenvalue weighted by molar-refractivity contribution is -0.136. The van der Waals surface area contributed by atoms with Crippen LogP contribution in [-0.2, 0) is 6.18 Å². The van der Waals surface area contributed by atoms with E-state index in [2.05, 4.69) is 4.98 Å². The van der Waals surface area contributed by atoms with Gasteiger partial charge in [0.2, 0.25) is 5.88 Å². The molecule has 1 saturated carbocycles. The number of rotatable bonds is 2. The average molecular weight is 295 g/mol. The summed E-state index contributed by atoms with van der Waals surface area (Å²) in [5, 5.41) is 0.573. The maximum atomic E-state index is 13.0. The molecule has 0 unspecified atom stereocenters. The predicted molar refractivity (Wildman–Crippen MR) is 74.2 cm³/mol. The van der Waals surface area contributed by atoms with Crippen molar-refractivity contribution < 1.29 is 17.9 Å². The van der Waals surface area contributed by atoms with Crippen molar-refractivity contribution in [3.05, 3.63) is 36.0 Å². The van der Waals surface area contributed by atoms with E-state index in [9.17, 15) is 13.2 Å². The Balaban J connectivity index is 2.00. The van der Waals surface area contributed by atoms with Gasteiger partial charge in [-0.1, -0.05) is 12.5 Å². The van der Waals surface area contributed by atoms with Crippen molar-refractivity contribution in [3.8, 4) is 5.88 Å². The zero-order valence-corrected chi connectivity index (χ0v) is 11.5. The fraction of sp³-hybridized carbons (Fsp3) is 0.438. The van der Waals surface area contributed by atoms with Crippen molar-refractivity contribution in [2.75, 3.05) is 0 Å². The molecule has 5 heteroatoms. The minimum Gasteiger partial charge on any atom is -0.474 e. The van der Waals surface area contributed by atoms with Crippen molar-refractivity contribution in [1.29, 1.82) is 0 Å². The molecule has 1 aliphatic carbocycles. The number of aromatic nitrogens is 1. The van der Waals surface area contributed by atoms with Crippen molar-refractivity contribution >= 4 is 10.8 Å². The van der Waals surface area contributed by atoms with E-state index in [4.69, 9.17) is 4.74 Å². The highest BCUT2D eigenvalue weighted by molar-refractivity contribution is 5.89. The van der Waals surface area contributed by atoms with E-state index < -0.39 is 11.7 Å². The third-order valence-corrected chi connectivity index (χ3v) is 3.91. The van der Waals surface area contributed by atoms with Gasteiger partial charge < -0.3 is 4.74 Å². The van der Waals surface area contributed by atoms with E-state index in [0.717, 1.165) is 31.7 Å². The first-order chi connectivity index (χ1) is 10.1. The van der Waals surface area contributed by atoms with Gasteiger partial charge in [-0.3, -0.25) is 0 Å². The summed E-state index contributed by atoms with van der Waals surface area (Å²) < 4.78 is 45.0. The number of hydrogen-bond acceptors (Lipinski definition) is 2. The summed E-state index contributed by atoms with van der Waals surface area (Å²) in [5.41, 5.74) is -0.643. The third-order valence-electron chi connectivity index (χ3n) is 3.91. The highest BCUT2D eigenvalue weighted by Gasteiger charge is 2.32. The molecule has 0 aliphatic heterocycles. The molecule has 2 aromatic rings. The molecular weight excluding hydrogens is 279 g/mol. The topological polar surface area (TPSA) is 22.1 Å². The van der Waals surface area contributed by atoms with Gasteiger partial charge in [-0.2, -0.15) is 13.2 Å². The molecule has 1 aliphatic rings. The zero-order chi connectivity index (χ0) is 14.9. The summed E-state index contributed by atoms with van der Waals surface area (Å²) in [4.78, 5) is 4.13. The number of ether oxygens (including phenoxy) is 1. The molecule has 1 aromatic carbocycles. The maximum Gasteiger partial charge on any atom is 0.417 e. The number of nitrogens with zero attached hydrogens (tertiary/aromatic N) is 1. The maximum absolute atomic E-state index is 13.0. The van der Waals surface area contributed by atoms with Crippen LogP contribution in [0.4, 0.5) is 13.2 Å². The molecule has 3 rings (SSSR count). The van der Waals surface area contributed by atoms with E-state index in [1.165, 1.54) is 24.8 Å². The van der Waals surface area contributed by atoms with Crippen LogP contribution in [-0.4, -0.2) is 11.1 Å². The summed E-state index contributed by atoms with van der Waals surface area (Å²) in [6, 6.07) is 5.52. The van der Waals surface area contributed by atoms with Gasteiger partial charge in [0, 0.05) is 17.0 Å². The predicted octanol–water partition coefficient (Wildman–Crippen LogP) is 4.97. The number of pyridine rings is 1. The van der Waals surface area contributed by atoms with Crippen LogP contribution >= 0.6 is 0 Å². The highest BCUT2D eigenvalue weighted by atomic mass is 19.4. The second kappa shape index (κ2) is 5.54. The molecule has 0 spiro atoms. The van der Waals surface area contributed by atoms with E-state index >= 15 is 0 Å². The molecule has 0 N–H and O–H groups in total. The van der Waals surface area contributed by atoms with E-state index in [1.807, 2.05) is 0 Å². The zero-order valence-electron chi connectivity index (χ0n) is 11.5. The fourth-order valence-electron chi connectivity index (χ4n) is 2.86. The second-order valence-electron chi connectivity index (χ2n) is 5.39. The van der Waals surface area contributed by atoms with Crippen LogP contribution in [0.15, 0.2) is 30.5 Å². The molecule has 0 radical (unpaired) electrons. The van der Waals surface area contributed by atoms with Crippen LogP contribution in [0.5, 0.6) is 5.88 Å². The van der Waals surface area contributed by atoms with Gasteiger partial charge in [0.05, 0.1) is 5.56 Å². The van der Waals surface area contributed by atoms with E-state index in [0.29, 0.717) is 11.3 Å². The van der Waals surface area contributed by atoms with Gasteiger partial charge >= 0.3 is 6.18 Å². The quantitative estimate of drug-likeness (QED) is 0.780. The van der Waals surface area contributed by atoms with Crippen LogP contribution in [0.2, 0.25) is 0 Å². The highest BCUT2D eigenvalue weighted by Crippen LogP contribution is 2.37. The molecule has 1 aromatic heterocycles. The SMILES string of the molecule is FC(F)(F)c1cccc2c(OC3CCCCC3)nccc12. The van der Waals surface area contributed by atoms with Crippen molar-refractivity contribution in [3.63, 3.8) is 0 Å². The van der Waals surface area contributed by atoms with Gasteiger partial charge in [-0.05, 0) is 43.9 Å². The van der Waals surface area contributed by atoms with Crippen LogP contribution in [0, 0.1) is 0 Å². The number of fused-ring (bicyclic) bond motifs is 1. The average Bonchev–Trinajstić information content (AvgIpc) is 2.47. The Labute approximate surface area is 120 Å². The summed E-state index contributed by atoms with van der Waals surface area (Å²) in [6.45, 7) is 0. The monoisotopic (exact) mass is 295 g/mol. The van der Waals surface area contributed by atoms with Crippen molar-refractivity contribution in [2.45, 2.75) is 44.4 Å². The Hall–Kier alpha value is -1.78. The first-order valence-electron chi connectivity index (χ1n) is 7.17. The van der Waals surface area contributed by atoms with Crippen LogP contribution in [0.3, 0.4) is 0 Å². The summed E-state index contributed by atoms with van der Waals surface area (Å²) >= 11 is 0. The lowest BCUT2D eigenvalue weighted by Gasteiger charge is -2.23. The van der Waals surface area contributed by atoms with Gasteiger partial charge in [-0.25, -0.2) is 4.98 Å². The minimum absolute atomic E-state index is 0.0615. The Morgan fingerprint density at radius 2 is 1.76 bits per heavy atom. The van der Waals surface area contributed by atoms with Crippen LogP contribution < -0.4 is 4.74 Å². The van der Waals surface area contributed by atoms with E-state index in [1.54, 1.807) is 6.07 Å². The number of alkyl halides is 3. The van der Waals surface area contributed by atoms with Gasteiger partial charge in [0.15, 0.2) is 0 Å². The molecule has 0 amide bonds. The van der Waals surface area contributed by atoms with Crippen molar-refractivity contribution in [1.82, 2.24) is 4.98 Å². The Morgan fingerprint density at radius 1 is 1.00 bits per heavy atom. The van der Waals surface area contributed by atoms with Gasteiger partial charge in [0.25, 0.3) is 0 Å². The Kier molecular flexibility index (Phi) is 3.74. The molecule has 1 fully saturated rings. The second-order valence-corrected chi connectivity index (χ2v) is 5.39. The third kappa shape index (κ3) is 2.96. The molecular formula is C16H16F3NO. The molecule has 112 valence electrons. The smallest absolute Gasteiger partial charge is 0.417 e. The molecule has 21 heavy (non-hydrogen) atoms. The molecule has 0 saturated heterocycles. The first-order valence-corrected chi connectivity index (χ1v) is 7.17. The van der Waals surface area contributed by atoms with Crippen molar-refractivity contribution in [2.24, 2.45) is 0 Å². The summed E-state index contributed by atoms with van der Waals surface area (Å²) in [7, 11) is 0. The number of hydrogen-bond donors (Lipinski definition) is 0. The molecule has 0 bridgehead atoms. The van der Waals surface area contributed by atoms with Crippen LogP contribution in [0.1, 0.15) is 37.7 Å². The molecule has 2 nitrogen and oxygen atoms in total. The minimum atomic E-state index is -4.37. The fourth-order valence-corrected chi connectivity index (χ4v) is 2.86. The number of halogens is 3. The summed E-state index contributed by atoms with van der Waals surface area (Å²) in [5.74, 6) is 0.311. The largest absolute Gasteiger partial charge is 0.474 e. The lowest BCUT2D eigenvalue weighted by Crippen LogP contribution is -2.20. The lowest BCUT2D eigenvalue weighted by atomic mass is 9.98. The van der Waals surface area contributed by atoms with E-state index in [-0.39, 0.29) is 11.5 Å². The summed E-state index contributed by atoms with van der Waals surface area (Å²) in [6.07, 6.45) is 2.35. The van der Waals surface area contributed by atoms with Crippen LogP contribution in [0.25, 0.3) is 10.8 Å². The first kappa shape index (κ1) is 14.2.